The molecule has 1 heterocycles. The number of nitrogens with one attached hydrogen (secondary N) is 1. The van der Waals surface area contributed by atoms with Gasteiger partial charge in [0.15, 0.2) is 0 Å². The number of hydrogen-bond donors (Lipinski definition) is 1. The molecule has 0 unspecified atom stereocenters. The normalized spacial score (nSPS) is 20.3. The number of nitrogens with zero attached hydrogens (tertiary/aromatic N) is 1. The Morgan fingerprint density at radius 3 is 2.65 bits per heavy atom. The van der Waals surface area contributed by atoms with Gasteiger partial charge in [-0.3, -0.25) is 4.79 Å². The number of ether oxygens (including phenoxy) is 2. The molecule has 1 aliphatic rings. The van der Waals surface area contributed by atoms with Gasteiger partial charge in [0.25, 0.3) is 5.91 Å². The highest BCUT2D eigenvalue weighted by atomic mass is 16.5. The molecule has 2 atom stereocenters. The zero-order valence-electron chi connectivity index (χ0n) is 14.5. The van der Waals surface area contributed by atoms with Crippen molar-refractivity contribution >= 4 is 5.91 Å². The van der Waals surface area contributed by atoms with Crippen molar-refractivity contribution < 1.29 is 14.3 Å². The van der Waals surface area contributed by atoms with Crippen LogP contribution in [0.1, 0.15) is 32.4 Å². The number of carbonyl (C=O) groups is 1. The van der Waals surface area contributed by atoms with E-state index in [1.54, 1.807) is 0 Å². The van der Waals surface area contributed by atoms with Crippen LogP contribution in [-0.4, -0.2) is 50.3 Å². The fourth-order valence-corrected chi connectivity index (χ4v) is 2.44. The molecule has 1 aromatic rings. The molecule has 0 aliphatic carbocycles. The largest absolute Gasteiger partial charge is 0.493 e. The summed E-state index contributed by atoms with van der Waals surface area (Å²) >= 11 is 0. The Bertz CT molecular complexity index is 501. The summed E-state index contributed by atoms with van der Waals surface area (Å²) in [7, 11) is 2.00. The van der Waals surface area contributed by atoms with Crippen LogP contribution in [0.25, 0.3) is 0 Å². The van der Waals surface area contributed by atoms with Crippen molar-refractivity contribution in [2.45, 2.75) is 32.9 Å². The van der Waals surface area contributed by atoms with Crippen molar-refractivity contribution in [1.29, 1.82) is 0 Å². The van der Waals surface area contributed by atoms with Crippen molar-refractivity contribution in [2.24, 2.45) is 5.92 Å². The van der Waals surface area contributed by atoms with Crippen molar-refractivity contribution in [1.82, 2.24) is 10.2 Å². The zero-order chi connectivity index (χ0) is 16.8. The summed E-state index contributed by atoms with van der Waals surface area (Å²) in [5.74, 6) is 1.31. The fourth-order valence-electron chi connectivity index (χ4n) is 2.44. The Morgan fingerprint density at radius 2 is 2.04 bits per heavy atom. The highest BCUT2D eigenvalue weighted by Gasteiger charge is 2.25. The van der Waals surface area contributed by atoms with Gasteiger partial charge in [-0.2, -0.15) is 0 Å². The van der Waals surface area contributed by atoms with Gasteiger partial charge < -0.3 is 19.7 Å². The quantitative estimate of drug-likeness (QED) is 0.873. The number of amides is 1. The molecule has 1 saturated heterocycles. The minimum Gasteiger partial charge on any atom is -0.493 e. The predicted molar refractivity (Wildman–Crippen MR) is 90.6 cm³/mol. The van der Waals surface area contributed by atoms with Gasteiger partial charge in [0.05, 0.1) is 19.3 Å². The summed E-state index contributed by atoms with van der Waals surface area (Å²) < 4.78 is 11.2. The molecule has 0 radical (unpaired) electrons. The van der Waals surface area contributed by atoms with Crippen LogP contribution in [0.15, 0.2) is 24.3 Å². The van der Waals surface area contributed by atoms with E-state index in [4.69, 9.17) is 9.47 Å². The van der Waals surface area contributed by atoms with E-state index in [9.17, 15) is 4.79 Å². The smallest absolute Gasteiger partial charge is 0.250 e. The Kier molecular flexibility index (Phi) is 6.42. The second-order valence-corrected chi connectivity index (χ2v) is 6.63. The topological polar surface area (TPSA) is 50.8 Å². The third kappa shape index (κ3) is 5.52. The summed E-state index contributed by atoms with van der Waals surface area (Å²) in [5.41, 5.74) is 1.06. The molecule has 0 saturated carbocycles. The molecular weight excluding hydrogens is 292 g/mol. The van der Waals surface area contributed by atoms with Crippen LogP contribution in [0.3, 0.4) is 0 Å². The maximum absolute atomic E-state index is 12.3. The zero-order valence-corrected chi connectivity index (χ0v) is 14.5. The Hall–Kier alpha value is -1.59. The molecule has 2 rings (SSSR count). The van der Waals surface area contributed by atoms with Gasteiger partial charge in [0.1, 0.15) is 11.9 Å². The molecule has 23 heavy (non-hydrogen) atoms. The van der Waals surface area contributed by atoms with Crippen LogP contribution in [0.4, 0.5) is 0 Å². The average Bonchev–Trinajstić information content (AvgIpc) is 2.53. The first kappa shape index (κ1) is 17.8. The average molecular weight is 320 g/mol. The lowest BCUT2D eigenvalue weighted by molar-refractivity contribution is -0.138. The number of morpholine rings is 1. The fraction of sp³-hybridized carbons (Fsp3) is 0.611. The summed E-state index contributed by atoms with van der Waals surface area (Å²) in [6.07, 6.45) is -0.384. The first-order valence-electron chi connectivity index (χ1n) is 8.29. The van der Waals surface area contributed by atoms with Crippen LogP contribution in [0, 0.1) is 5.92 Å². The number of rotatable bonds is 6. The number of carbonyl (C=O) groups excluding carboxylic acids is 1. The van der Waals surface area contributed by atoms with Crippen molar-refractivity contribution in [3.8, 4) is 5.75 Å². The van der Waals surface area contributed by atoms with Crippen molar-refractivity contribution in [3.05, 3.63) is 29.8 Å². The lowest BCUT2D eigenvalue weighted by Gasteiger charge is -2.30. The van der Waals surface area contributed by atoms with Crippen LogP contribution >= 0.6 is 0 Å². The maximum Gasteiger partial charge on any atom is 0.250 e. The van der Waals surface area contributed by atoms with Gasteiger partial charge in [0, 0.05) is 13.1 Å². The van der Waals surface area contributed by atoms with E-state index in [1.165, 1.54) is 0 Å². The molecule has 0 spiro atoms. The Labute approximate surface area is 139 Å². The van der Waals surface area contributed by atoms with Gasteiger partial charge in [-0.15, -0.1) is 0 Å². The molecule has 5 nitrogen and oxygen atoms in total. The lowest BCUT2D eigenvalue weighted by Crippen LogP contribution is -2.48. The molecule has 1 fully saturated rings. The lowest BCUT2D eigenvalue weighted by atomic mass is 10.1. The van der Waals surface area contributed by atoms with Crippen molar-refractivity contribution in [2.75, 3.05) is 33.4 Å². The van der Waals surface area contributed by atoms with E-state index < -0.39 is 0 Å². The highest BCUT2D eigenvalue weighted by molar-refractivity contribution is 5.81. The summed E-state index contributed by atoms with van der Waals surface area (Å²) in [4.78, 5) is 14.4. The number of likely N-dealkylation sites (N-methyl/N-ethyl adjacent to an activating group) is 1. The van der Waals surface area contributed by atoms with Crippen LogP contribution < -0.4 is 10.1 Å². The SMILES string of the molecule is CC(C)COc1ccc([C@H](C)NC(=O)[C@@H]2CN(C)CCO2)cc1. The molecule has 0 aromatic heterocycles. The van der Waals surface area contributed by atoms with E-state index in [0.717, 1.165) is 17.9 Å². The summed E-state index contributed by atoms with van der Waals surface area (Å²) in [6, 6.07) is 7.83. The second-order valence-electron chi connectivity index (χ2n) is 6.63. The molecule has 1 N–H and O–H groups in total. The van der Waals surface area contributed by atoms with Gasteiger partial charge in [0.2, 0.25) is 0 Å². The predicted octanol–water partition coefficient (Wildman–Crippen LogP) is 2.23. The third-order valence-corrected chi connectivity index (χ3v) is 3.88. The van der Waals surface area contributed by atoms with E-state index in [1.807, 2.05) is 38.2 Å². The van der Waals surface area contributed by atoms with Gasteiger partial charge in [-0.25, -0.2) is 0 Å². The van der Waals surface area contributed by atoms with E-state index in [-0.39, 0.29) is 18.1 Å². The van der Waals surface area contributed by atoms with E-state index >= 15 is 0 Å². The summed E-state index contributed by atoms with van der Waals surface area (Å²) in [6.45, 7) is 9.04. The molecular formula is C18H28N2O3. The number of benzene rings is 1. The van der Waals surface area contributed by atoms with E-state index in [0.29, 0.717) is 25.7 Å². The van der Waals surface area contributed by atoms with Gasteiger partial charge in [-0.1, -0.05) is 26.0 Å². The van der Waals surface area contributed by atoms with E-state index in [2.05, 4.69) is 24.1 Å². The highest BCUT2D eigenvalue weighted by Crippen LogP contribution is 2.18. The third-order valence-electron chi connectivity index (χ3n) is 3.88. The Balaban J connectivity index is 1.87. The molecule has 0 bridgehead atoms. The number of hydrogen-bond acceptors (Lipinski definition) is 4. The standard InChI is InChI=1S/C18H28N2O3/c1-13(2)12-23-16-7-5-15(6-8-16)14(3)19-18(21)17-11-20(4)9-10-22-17/h5-8,13-14,17H,9-12H2,1-4H3,(H,19,21)/t14-,17-/m0/s1. The van der Waals surface area contributed by atoms with Crippen molar-refractivity contribution in [3.63, 3.8) is 0 Å². The molecule has 1 amide bonds. The first-order valence-corrected chi connectivity index (χ1v) is 8.29. The molecule has 5 heteroatoms. The summed E-state index contributed by atoms with van der Waals surface area (Å²) in [5, 5.41) is 3.02. The first-order chi connectivity index (χ1) is 11.0. The van der Waals surface area contributed by atoms with Gasteiger partial charge >= 0.3 is 0 Å². The molecule has 128 valence electrons. The molecule has 1 aromatic carbocycles. The minimum absolute atomic E-state index is 0.0517. The molecule has 1 aliphatic heterocycles. The van der Waals surface area contributed by atoms with Gasteiger partial charge in [-0.05, 0) is 37.6 Å². The minimum atomic E-state index is -0.384. The second kappa shape index (κ2) is 8.31. The van der Waals surface area contributed by atoms with Crippen LogP contribution in [0.2, 0.25) is 0 Å². The monoisotopic (exact) mass is 320 g/mol. The Morgan fingerprint density at radius 1 is 1.35 bits per heavy atom. The van der Waals surface area contributed by atoms with Crippen LogP contribution in [0.5, 0.6) is 5.75 Å². The maximum atomic E-state index is 12.3. The van der Waals surface area contributed by atoms with Crippen LogP contribution in [-0.2, 0) is 9.53 Å².